The van der Waals surface area contributed by atoms with Crippen molar-refractivity contribution in [2.24, 2.45) is 0 Å². The molecule has 0 heterocycles. The number of nitrogens with one attached hydrogen (secondary N) is 1. The molecule has 0 aromatic heterocycles. The number of methoxy groups -OCH3 is 2. The van der Waals surface area contributed by atoms with Gasteiger partial charge >= 0.3 is 0 Å². The van der Waals surface area contributed by atoms with E-state index in [1.807, 2.05) is 17.9 Å². The lowest BCUT2D eigenvalue weighted by atomic mass is 10.2. The minimum atomic E-state index is -0.489. The SMILES string of the molecule is COCCN(/C=C(/C#N)C(=O)Nc1ccc(C)c(Cl)c1)CCOC. The Labute approximate surface area is 147 Å². The van der Waals surface area contributed by atoms with E-state index in [0.717, 1.165) is 5.56 Å². The molecule has 130 valence electrons. The second-order valence-corrected chi connectivity index (χ2v) is 5.50. The van der Waals surface area contributed by atoms with Gasteiger partial charge < -0.3 is 19.7 Å². The Morgan fingerprint density at radius 1 is 1.33 bits per heavy atom. The molecule has 1 rings (SSSR count). The highest BCUT2D eigenvalue weighted by Crippen LogP contribution is 2.20. The van der Waals surface area contributed by atoms with Crippen LogP contribution in [-0.2, 0) is 14.3 Å². The summed E-state index contributed by atoms with van der Waals surface area (Å²) in [6, 6.07) is 7.11. The average Bonchev–Trinajstić information content (AvgIpc) is 2.57. The van der Waals surface area contributed by atoms with Gasteiger partial charge in [0.2, 0.25) is 0 Å². The lowest BCUT2D eigenvalue weighted by molar-refractivity contribution is -0.112. The second kappa shape index (κ2) is 10.7. The van der Waals surface area contributed by atoms with E-state index in [9.17, 15) is 10.1 Å². The summed E-state index contributed by atoms with van der Waals surface area (Å²) in [4.78, 5) is 14.1. The van der Waals surface area contributed by atoms with Crippen molar-refractivity contribution < 1.29 is 14.3 Å². The molecule has 6 nitrogen and oxygen atoms in total. The number of ether oxygens (including phenoxy) is 2. The third kappa shape index (κ3) is 6.59. The molecule has 0 saturated carbocycles. The monoisotopic (exact) mass is 351 g/mol. The van der Waals surface area contributed by atoms with E-state index in [4.69, 9.17) is 21.1 Å². The first-order chi connectivity index (χ1) is 11.5. The molecule has 7 heteroatoms. The van der Waals surface area contributed by atoms with Crippen molar-refractivity contribution in [3.8, 4) is 6.07 Å². The van der Waals surface area contributed by atoms with E-state index < -0.39 is 5.91 Å². The molecule has 0 aliphatic heterocycles. The third-order valence-corrected chi connectivity index (χ3v) is 3.68. The number of benzene rings is 1. The Balaban J connectivity index is 2.85. The molecule has 1 aromatic carbocycles. The molecule has 0 spiro atoms. The first kappa shape index (κ1) is 20.0. The topological polar surface area (TPSA) is 74.6 Å². The summed E-state index contributed by atoms with van der Waals surface area (Å²) in [6.45, 7) is 3.93. The normalized spacial score (nSPS) is 11.0. The van der Waals surface area contributed by atoms with Crippen LogP contribution in [0, 0.1) is 18.3 Å². The predicted octanol–water partition coefficient (Wildman–Crippen LogP) is 2.59. The van der Waals surface area contributed by atoms with Gasteiger partial charge in [-0.2, -0.15) is 5.26 Å². The highest BCUT2D eigenvalue weighted by Gasteiger charge is 2.12. The molecule has 1 N–H and O–H groups in total. The molecule has 0 aliphatic rings. The van der Waals surface area contributed by atoms with E-state index >= 15 is 0 Å². The first-order valence-corrected chi connectivity index (χ1v) is 7.81. The van der Waals surface area contributed by atoms with Crippen LogP contribution in [0.2, 0.25) is 5.02 Å². The molecule has 24 heavy (non-hydrogen) atoms. The summed E-state index contributed by atoms with van der Waals surface area (Å²) in [5.74, 6) is -0.489. The maximum atomic E-state index is 12.3. The zero-order chi connectivity index (χ0) is 17.9. The van der Waals surface area contributed by atoms with Crippen LogP contribution in [0.5, 0.6) is 0 Å². The van der Waals surface area contributed by atoms with Gasteiger partial charge in [-0.15, -0.1) is 0 Å². The number of nitrogens with zero attached hydrogens (tertiary/aromatic N) is 2. The van der Waals surface area contributed by atoms with Crippen LogP contribution in [0.1, 0.15) is 5.56 Å². The Bertz CT molecular complexity index is 618. The van der Waals surface area contributed by atoms with Crippen LogP contribution in [-0.4, -0.2) is 51.3 Å². The zero-order valence-corrected chi connectivity index (χ0v) is 14.9. The highest BCUT2D eigenvalue weighted by molar-refractivity contribution is 6.31. The Morgan fingerprint density at radius 2 is 1.96 bits per heavy atom. The standard InChI is InChI=1S/C17H22ClN3O3/c1-13-4-5-15(10-16(13)18)20-17(22)14(11-19)12-21(6-8-23-2)7-9-24-3/h4-5,10,12H,6-9H2,1-3H3,(H,20,22)/b14-12-. The molecule has 0 unspecified atom stereocenters. The summed E-state index contributed by atoms with van der Waals surface area (Å²) in [5, 5.41) is 12.5. The van der Waals surface area contributed by atoms with E-state index in [-0.39, 0.29) is 5.57 Å². The molecule has 1 aromatic rings. The molecule has 0 fully saturated rings. The molecule has 0 atom stereocenters. The Morgan fingerprint density at radius 3 is 2.46 bits per heavy atom. The zero-order valence-electron chi connectivity index (χ0n) is 14.1. The minimum Gasteiger partial charge on any atom is -0.383 e. The number of amides is 1. The average molecular weight is 352 g/mol. The highest BCUT2D eigenvalue weighted by atomic mass is 35.5. The fourth-order valence-corrected chi connectivity index (χ4v) is 2.03. The first-order valence-electron chi connectivity index (χ1n) is 7.43. The molecule has 0 saturated heterocycles. The third-order valence-electron chi connectivity index (χ3n) is 3.27. The van der Waals surface area contributed by atoms with Crippen LogP contribution < -0.4 is 5.32 Å². The maximum Gasteiger partial charge on any atom is 0.267 e. The lowest BCUT2D eigenvalue weighted by Gasteiger charge is -2.20. The fraction of sp³-hybridized carbons (Fsp3) is 0.412. The molecule has 0 bridgehead atoms. The van der Waals surface area contributed by atoms with Crippen LogP contribution in [0.4, 0.5) is 5.69 Å². The van der Waals surface area contributed by atoms with Crippen molar-refractivity contribution in [2.45, 2.75) is 6.92 Å². The van der Waals surface area contributed by atoms with Gasteiger partial charge in [-0.25, -0.2) is 0 Å². The van der Waals surface area contributed by atoms with Gasteiger partial charge in [-0.05, 0) is 24.6 Å². The predicted molar refractivity (Wildman–Crippen MR) is 93.8 cm³/mol. The quantitative estimate of drug-likeness (QED) is 0.546. The van der Waals surface area contributed by atoms with Gasteiger partial charge in [0.05, 0.1) is 13.2 Å². The van der Waals surface area contributed by atoms with E-state index in [1.165, 1.54) is 6.20 Å². The van der Waals surface area contributed by atoms with Crippen molar-refractivity contribution >= 4 is 23.2 Å². The summed E-state index contributed by atoms with van der Waals surface area (Å²) < 4.78 is 10.1. The molecular formula is C17H22ClN3O3. The largest absolute Gasteiger partial charge is 0.383 e. The van der Waals surface area contributed by atoms with Gasteiger partial charge in [0.15, 0.2) is 0 Å². The van der Waals surface area contributed by atoms with Crippen LogP contribution in [0.15, 0.2) is 30.0 Å². The summed E-state index contributed by atoms with van der Waals surface area (Å²) in [5.41, 5.74) is 1.45. The van der Waals surface area contributed by atoms with Gasteiger partial charge in [0.25, 0.3) is 5.91 Å². The van der Waals surface area contributed by atoms with Crippen LogP contribution in [0.3, 0.4) is 0 Å². The smallest absolute Gasteiger partial charge is 0.267 e. The van der Waals surface area contributed by atoms with Crippen molar-refractivity contribution in [1.82, 2.24) is 4.90 Å². The van der Waals surface area contributed by atoms with Crippen molar-refractivity contribution in [1.29, 1.82) is 5.26 Å². The summed E-state index contributed by atoms with van der Waals surface area (Å²) >= 11 is 6.04. The van der Waals surface area contributed by atoms with Gasteiger partial charge in [-0.3, -0.25) is 4.79 Å². The van der Waals surface area contributed by atoms with Crippen molar-refractivity contribution in [2.75, 3.05) is 45.8 Å². The minimum absolute atomic E-state index is 0.00102. The number of anilines is 1. The number of carbonyl (C=O) groups is 1. The molecule has 0 aliphatic carbocycles. The number of carbonyl (C=O) groups excluding carboxylic acids is 1. The lowest BCUT2D eigenvalue weighted by Crippen LogP contribution is -2.27. The molecule has 0 radical (unpaired) electrons. The van der Waals surface area contributed by atoms with Gasteiger partial charge in [0, 0.05) is 44.2 Å². The number of halogens is 1. The Kier molecular flexibility index (Phi) is 8.87. The van der Waals surface area contributed by atoms with Crippen molar-refractivity contribution in [3.63, 3.8) is 0 Å². The number of nitriles is 1. The van der Waals surface area contributed by atoms with Gasteiger partial charge in [-0.1, -0.05) is 17.7 Å². The fourth-order valence-electron chi connectivity index (χ4n) is 1.85. The van der Waals surface area contributed by atoms with E-state index in [1.54, 1.807) is 32.4 Å². The van der Waals surface area contributed by atoms with Crippen LogP contribution >= 0.6 is 11.6 Å². The van der Waals surface area contributed by atoms with Crippen molar-refractivity contribution in [3.05, 3.63) is 40.6 Å². The molecule has 1 amide bonds. The van der Waals surface area contributed by atoms with E-state index in [2.05, 4.69) is 5.32 Å². The van der Waals surface area contributed by atoms with Crippen LogP contribution in [0.25, 0.3) is 0 Å². The van der Waals surface area contributed by atoms with E-state index in [0.29, 0.717) is 37.0 Å². The number of aryl methyl sites for hydroxylation is 1. The summed E-state index contributed by atoms with van der Waals surface area (Å²) in [6.07, 6.45) is 1.52. The van der Waals surface area contributed by atoms with Gasteiger partial charge in [0.1, 0.15) is 11.6 Å². The number of rotatable bonds is 9. The number of hydrogen-bond donors (Lipinski definition) is 1. The Hall–Kier alpha value is -2.07. The maximum absolute atomic E-state index is 12.3. The second-order valence-electron chi connectivity index (χ2n) is 5.09. The summed E-state index contributed by atoms with van der Waals surface area (Å²) in [7, 11) is 3.19. The number of hydrogen-bond acceptors (Lipinski definition) is 5. The molecular weight excluding hydrogens is 330 g/mol.